The number of fused-ring (bicyclic) bond motifs is 5. The van der Waals surface area contributed by atoms with Gasteiger partial charge in [-0.2, -0.15) is 0 Å². The van der Waals surface area contributed by atoms with Gasteiger partial charge in [0.1, 0.15) is 6.54 Å². The van der Waals surface area contributed by atoms with Crippen LogP contribution >= 0.6 is 0 Å². The van der Waals surface area contributed by atoms with E-state index < -0.39 is 11.9 Å². The van der Waals surface area contributed by atoms with E-state index in [1.54, 1.807) is 0 Å². The van der Waals surface area contributed by atoms with E-state index in [0.29, 0.717) is 0 Å². The minimum absolute atomic E-state index is 0.0581. The van der Waals surface area contributed by atoms with Gasteiger partial charge < -0.3 is 15.2 Å². The van der Waals surface area contributed by atoms with Crippen LogP contribution < -0.4 is 10.4 Å². The standard InChI is InChI=1S/C18H18N2O5/c21-13(19-12-3-1-2-11(7-12)18(24)25)8-20-16(22)14-9-4-5-10(6-9)15(14)17(20)23/h1-3,7,9-10,14-15H,4-6,8H2,(H,19,21)(H,24,25)/p-1/t9-,10+,14-,15+. The van der Waals surface area contributed by atoms with Crippen LogP contribution in [0.2, 0.25) is 0 Å². The Hall–Kier alpha value is -2.70. The molecule has 3 fully saturated rings. The van der Waals surface area contributed by atoms with E-state index in [9.17, 15) is 24.3 Å². The molecule has 0 aromatic heterocycles. The Morgan fingerprint density at radius 1 is 1.12 bits per heavy atom. The molecule has 1 saturated heterocycles. The number of carbonyl (C=O) groups is 4. The molecule has 1 aromatic carbocycles. The van der Waals surface area contributed by atoms with Crippen molar-refractivity contribution in [1.29, 1.82) is 0 Å². The van der Waals surface area contributed by atoms with Gasteiger partial charge in [0.25, 0.3) is 0 Å². The minimum Gasteiger partial charge on any atom is -0.545 e. The highest BCUT2D eigenvalue weighted by molar-refractivity contribution is 6.09. The Labute approximate surface area is 144 Å². The van der Waals surface area contributed by atoms with Gasteiger partial charge in [-0.25, -0.2) is 0 Å². The lowest BCUT2D eigenvalue weighted by molar-refractivity contribution is -0.255. The molecule has 0 spiro atoms. The van der Waals surface area contributed by atoms with E-state index in [0.717, 1.165) is 24.2 Å². The Bertz CT molecular complexity index is 761. The second kappa shape index (κ2) is 5.68. The number of anilines is 1. The number of aromatic carboxylic acids is 1. The molecule has 2 bridgehead atoms. The Morgan fingerprint density at radius 3 is 2.36 bits per heavy atom. The molecule has 25 heavy (non-hydrogen) atoms. The Morgan fingerprint density at radius 2 is 1.76 bits per heavy atom. The SMILES string of the molecule is O=C(CN1C(=O)[C@@H]2[C@@H]3CC[C@@H](C3)[C@@H]2C1=O)Nc1cccc(C(=O)[O-])c1. The average Bonchev–Trinajstić information content (AvgIpc) is 3.25. The molecule has 4 atom stereocenters. The number of carboxylic acid groups (broad SMARTS) is 1. The van der Waals surface area contributed by atoms with Crippen LogP contribution in [0.3, 0.4) is 0 Å². The van der Waals surface area contributed by atoms with Gasteiger partial charge in [0, 0.05) is 5.69 Å². The molecule has 1 aliphatic heterocycles. The molecule has 1 N–H and O–H groups in total. The lowest BCUT2D eigenvalue weighted by Gasteiger charge is -2.19. The largest absolute Gasteiger partial charge is 0.545 e. The number of likely N-dealkylation sites (tertiary alicyclic amines) is 1. The summed E-state index contributed by atoms with van der Waals surface area (Å²) in [5.74, 6) is -2.28. The van der Waals surface area contributed by atoms with E-state index >= 15 is 0 Å². The summed E-state index contributed by atoms with van der Waals surface area (Å²) < 4.78 is 0. The number of amides is 3. The maximum absolute atomic E-state index is 12.6. The number of nitrogens with zero attached hydrogens (tertiary/aromatic N) is 1. The predicted molar refractivity (Wildman–Crippen MR) is 83.9 cm³/mol. The van der Waals surface area contributed by atoms with Crippen molar-refractivity contribution < 1.29 is 24.3 Å². The highest BCUT2D eigenvalue weighted by Crippen LogP contribution is 2.56. The number of hydrogen-bond donors (Lipinski definition) is 1. The molecule has 0 radical (unpaired) electrons. The summed E-state index contributed by atoms with van der Waals surface area (Å²) in [5, 5.41) is 13.4. The van der Waals surface area contributed by atoms with Crippen LogP contribution in [0.15, 0.2) is 24.3 Å². The maximum atomic E-state index is 12.6. The van der Waals surface area contributed by atoms with Crippen molar-refractivity contribution in [3.63, 3.8) is 0 Å². The van der Waals surface area contributed by atoms with Crippen LogP contribution in [-0.4, -0.2) is 35.1 Å². The average molecular weight is 341 g/mol. The quantitative estimate of drug-likeness (QED) is 0.777. The lowest BCUT2D eigenvalue weighted by atomic mass is 9.81. The first-order chi connectivity index (χ1) is 12.0. The number of hydrogen-bond acceptors (Lipinski definition) is 5. The van der Waals surface area contributed by atoms with Crippen molar-refractivity contribution in [2.75, 3.05) is 11.9 Å². The third kappa shape index (κ3) is 2.50. The highest BCUT2D eigenvalue weighted by Gasteiger charge is 2.60. The summed E-state index contributed by atoms with van der Waals surface area (Å²) in [5.41, 5.74) is 0.225. The first-order valence-electron chi connectivity index (χ1n) is 8.42. The smallest absolute Gasteiger partial charge is 0.244 e. The van der Waals surface area contributed by atoms with Gasteiger partial charge in [0.2, 0.25) is 17.7 Å². The second-order valence-corrected chi connectivity index (χ2v) is 7.06. The topological polar surface area (TPSA) is 107 Å². The summed E-state index contributed by atoms with van der Waals surface area (Å²) in [6.07, 6.45) is 2.92. The third-order valence-electron chi connectivity index (χ3n) is 5.70. The minimum atomic E-state index is -1.34. The number of imide groups is 1. The van der Waals surface area contributed by atoms with Gasteiger partial charge in [-0.3, -0.25) is 19.3 Å². The molecule has 7 nitrogen and oxygen atoms in total. The Kier molecular flexibility index (Phi) is 3.59. The van der Waals surface area contributed by atoms with Gasteiger partial charge in [0.15, 0.2) is 0 Å². The van der Waals surface area contributed by atoms with E-state index in [4.69, 9.17) is 0 Å². The zero-order valence-corrected chi connectivity index (χ0v) is 13.4. The van der Waals surface area contributed by atoms with Gasteiger partial charge in [-0.05, 0) is 48.8 Å². The van der Waals surface area contributed by atoms with Crippen LogP contribution in [0.1, 0.15) is 29.6 Å². The molecule has 130 valence electrons. The number of carboxylic acids is 1. The molecule has 2 aliphatic carbocycles. The number of nitrogens with one attached hydrogen (secondary N) is 1. The van der Waals surface area contributed by atoms with E-state index in [1.165, 1.54) is 24.3 Å². The van der Waals surface area contributed by atoms with E-state index in [2.05, 4.69) is 5.32 Å². The molecule has 2 saturated carbocycles. The molecular weight excluding hydrogens is 324 g/mol. The Balaban J connectivity index is 1.45. The van der Waals surface area contributed by atoms with Gasteiger partial charge >= 0.3 is 0 Å². The number of carbonyl (C=O) groups excluding carboxylic acids is 4. The predicted octanol–water partition coefficient (Wildman–Crippen LogP) is 0.0197. The highest BCUT2D eigenvalue weighted by atomic mass is 16.4. The molecule has 4 rings (SSSR count). The van der Waals surface area contributed by atoms with Crippen molar-refractivity contribution in [1.82, 2.24) is 4.90 Å². The first kappa shape index (κ1) is 15.8. The fourth-order valence-corrected chi connectivity index (χ4v) is 4.69. The van der Waals surface area contributed by atoms with Crippen molar-refractivity contribution in [3.8, 4) is 0 Å². The van der Waals surface area contributed by atoms with Crippen LogP contribution in [0.25, 0.3) is 0 Å². The van der Waals surface area contributed by atoms with Crippen LogP contribution in [0.5, 0.6) is 0 Å². The van der Waals surface area contributed by atoms with Gasteiger partial charge in [0.05, 0.1) is 17.8 Å². The zero-order valence-electron chi connectivity index (χ0n) is 13.4. The third-order valence-corrected chi connectivity index (χ3v) is 5.70. The summed E-state index contributed by atoms with van der Waals surface area (Å²) in [6, 6.07) is 5.65. The second-order valence-electron chi connectivity index (χ2n) is 7.06. The summed E-state index contributed by atoms with van der Waals surface area (Å²) in [6.45, 7) is -0.334. The molecule has 0 unspecified atom stereocenters. The van der Waals surface area contributed by atoms with Crippen LogP contribution in [-0.2, 0) is 14.4 Å². The number of benzene rings is 1. The molecule has 3 amide bonds. The fraction of sp³-hybridized carbons (Fsp3) is 0.444. The molecule has 3 aliphatic rings. The monoisotopic (exact) mass is 341 g/mol. The first-order valence-corrected chi connectivity index (χ1v) is 8.42. The summed E-state index contributed by atoms with van der Waals surface area (Å²) in [4.78, 5) is 49.3. The zero-order chi connectivity index (χ0) is 17.7. The molecule has 7 heteroatoms. The van der Waals surface area contributed by atoms with Crippen molar-refractivity contribution >= 4 is 29.4 Å². The van der Waals surface area contributed by atoms with Crippen LogP contribution in [0, 0.1) is 23.7 Å². The van der Waals surface area contributed by atoms with Gasteiger partial charge in [-0.1, -0.05) is 12.1 Å². The lowest BCUT2D eigenvalue weighted by Crippen LogP contribution is -2.39. The molecular formula is C18H17N2O5-. The summed E-state index contributed by atoms with van der Waals surface area (Å²) in [7, 11) is 0. The van der Waals surface area contributed by atoms with Crippen molar-refractivity contribution in [2.24, 2.45) is 23.7 Å². The van der Waals surface area contributed by atoms with E-state index in [-0.39, 0.29) is 53.3 Å². The molecule has 1 heterocycles. The van der Waals surface area contributed by atoms with E-state index in [1.807, 2.05) is 0 Å². The van der Waals surface area contributed by atoms with Gasteiger partial charge in [-0.15, -0.1) is 0 Å². The number of rotatable bonds is 4. The van der Waals surface area contributed by atoms with Crippen molar-refractivity contribution in [3.05, 3.63) is 29.8 Å². The van der Waals surface area contributed by atoms with Crippen molar-refractivity contribution in [2.45, 2.75) is 19.3 Å². The van der Waals surface area contributed by atoms with Crippen LogP contribution in [0.4, 0.5) is 5.69 Å². The maximum Gasteiger partial charge on any atom is 0.244 e. The molecule has 1 aromatic rings. The fourth-order valence-electron chi connectivity index (χ4n) is 4.69. The summed E-state index contributed by atoms with van der Waals surface area (Å²) >= 11 is 0. The normalized spacial score (nSPS) is 29.8.